The van der Waals surface area contributed by atoms with E-state index in [2.05, 4.69) is 12.2 Å². The Morgan fingerprint density at radius 3 is 2.76 bits per heavy atom. The topological polar surface area (TPSA) is 45.4 Å². The van der Waals surface area contributed by atoms with E-state index in [1.807, 2.05) is 19.1 Å². The van der Waals surface area contributed by atoms with Crippen LogP contribution in [0.25, 0.3) is 0 Å². The summed E-state index contributed by atoms with van der Waals surface area (Å²) in [6.45, 7) is 6.52. The second-order valence-electron chi connectivity index (χ2n) is 5.58. The summed E-state index contributed by atoms with van der Waals surface area (Å²) in [7, 11) is 0. The molecule has 0 amide bonds. The van der Waals surface area contributed by atoms with Crippen LogP contribution in [0, 0.1) is 12.8 Å². The number of hydrogen-bond donors (Lipinski definition) is 2. The second kappa shape index (κ2) is 4.83. The van der Waals surface area contributed by atoms with Crippen molar-refractivity contribution in [3.63, 3.8) is 0 Å². The maximum Gasteiger partial charge on any atom is 0.136 e. The molecule has 1 saturated carbocycles. The first-order valence-electron chi connectivity index (χ1n) is 6.52. The van der Waals surface area contributed by atoms with E-state index in [-0.39, 0.29) is 0 Å². The summed E-state index contributed by atoms with van der Waals surface area (Å²) in [6.07, 6.45) is 3.80. The molecule has 96 valence electrons. The van der Waals surface area contributed by atoms with Gasteiger partial charge in [-0.2, -0.15) is 0 Å². The number of hydrogen-bond acceptors (Lipinski definition) is 3. The van der Waals surface area contributed by atoms with Gasteiger partial charge in [0.15, 0.2) is 0 Å². The smallest absolute Gasteiger partial charge is 0.136 e. The molecule has 3 nitrogen and oxygen atoms in total. The van der Waals surface area contributed by atoms with Crippen LogP contribution < -0.4 is 5.32 Å². The average molecular weight is 237 g/mol. The van der Waals surface area contributed by atoms with Gasteiger partial charge in [-0.05, 0) is 44.7 Å². The third kappa shape index (κ3) is 2.90. The van der Waals surface area contributed by atoms with E-state index in [1.165, 1.54) is 19.3 Å². The number of aryl methyl sites for hydroxylation is 1. The Hall–Kier alpha value is -0.800. The van der Waals surface area contributed by atoms with Crippen molar-refractivity contribution in [1.82, 2.24) is 5.32 Å². The molecule has 0 saturated heterocycles. The predicted molar refractivity (Wildman–Crippen MR) is 67.8 cm³/mol. The molecule has 17 heavy (non-hydrogen) atoms. The molecule has 0 aromatic carbocycles. The van der Waals surface area contributed by atoms with E-state index >= 15 is 0 Å². The molecular weight excluding hydrogens is 214 g/mol. The van der Waals surface area contributed by atoms with E-state index in [0.717, 1.165) is 5.76 Å². The van der Waals surface area contributed by atoms with Crippen LogP contribution in [0.15, 0.2) is 16.5 Å². The summed E-state index contributed by atoms with van der Waals surface area (Å²) in [5.41, 5.74) is -0.920. The zero-order valence-electron chi connectivity index (χ0n) is 11.0. The van der Waals surface area contributed by atoms with Gasteiger partial charge >= 0.3 is 0 Å². The van der Waals surface area contributed by atoms with Crippen LogP contribution in [0.1, 0.15) is 44.6 Å². The zero-order chi connectivity index (χ0) is 12.5. The fraction of sp³-hybridized carbons (Fsp3) is 0.714. The number of rotatable bonds is 4. The molecule has 0 spiro atoms. The second-order valence-corrected chi connectivity index (χ2v) is 5.58. The van der Waals surface area contributed by atoms with Crippen molar-refractivity contribution in [2.75, 3.05) is 6.54 Å². The van der Waals surface area contributed by atoms with E-state index in [1.54, 1.807) is 6.92 Å². The van der Waals surface area contributed by atoms with Crippen molar-refractivity contribution < 1.29 is 9.52 Å². The van der Waals surface area contributed by atoms with E-state index < -0.39 is 5.60 Å². The van der Waals surface area contributed by atoms with Crippen LogP contribution in [0.4, 0.5) is 0 Å². The molecule has 1 aromatic heterocycles. The molecule has 2 rings (SSSR count). The first-order chi connectivity index (χ1) is 7.99. The van der Waals surface area contributed by atoms with Crippen LogP contribution in [0.2, 0.25) is 0 Å². The molecule has 1 heterocycles. The van der Waals surface area contributed by atoms with Gasteiger partial charge in [-0.3, -0.25) is 0 Å². The highest BCUT2D eigenvalue weighted by Gasteiger charge is 2.30. The molecule has 1 aliphatic rings. The van der Waals surface area contributed by atoms with E-state index in [0.29, 0.717) is 24.3 Å². The zero-order valence-corrected chi connectivity index (χ0v) is 11.0. The van der Waals surface area contributed by atoms with Crippen LogP contribution in [-0.4, -0.2) is 17.7 Å². The number of aliphatic hydroxyl groups is 1. The van der Waals surface area contributed by atoms with Crippen molar-refractivity contribution in [3.8, 4) is 0 Å². The Morgan fingerprint density at radius 2 is 2.24 bits per heavy atom. The summed E-state index contributed by atoms with van der Waals surface area (Å²) >= 11 is 0. The summed E-state index contributed by atoms with van der Waals surface area (Å²) < 4.78 is 5.50. The lowest BCUT2D eigenvalue weighted by Crippen LogP contribution is -2.41. The number of furan rings is 1. The van der Waals surface area contributed by atoms with Crippen LogP contribution >= 0.6 is 0 Å². The fourth-order valence-corrected chi connectivity index (χ4v) is 2.59. The summed E-state index contributed by atoms with van der Waals surface area (Å²) in [4.78, 5) is 0. The first-order valence-corrected chi connectivity index (χ1v) is 6.52. The minimum Gasteiger partial charge on any atom is -0.463 e. The normalized spacial score (nSPS) is 28.2. The molecule has 3 heteroatoms. The molecule has 1 aliphatic carbocycles. The quantitative estimate of drug-likeness (QED) is 0.846. The van der Waals surface area contributed by atoms with Crippen molar-refractivity contribution in [1.29, 1.82) is 0 Å². The third-order valence-electron chi connectivity index (χ3n) is 3.84. The van der Waals surface area contributed by atoms with Crippen LogP contribution in [0.5, 0.6) is 0 Å². The Bertz CT molecular complexity index is 370. The summed E-state index contributed by atoms with van der Waals surface area (Å²) in [5, 5.41) is 13.9. The average Bonchev–Trinajstić information content (AvgIpc) is 2.85. The summed E-state index contributed by atoms with van der Waals surface area (Å²) in [6, 6.07) is 4.29. The molecule has 3 atom stereocenters. The fourth-order valence-electron chi connectivity index (χ4n) is 2.59. The third-order valence-corrected chi connectivity index (χ3v) is 3.84. The molecule has 0 bridgehead atoms. The van der Waals surface area contributed by atoms with Gasteiger partial charge in [0.2, 0.25) is 0 Å². The number of nitrogens with one attached hydrogen (secondary N) is 1. The molecule has 1 fully saturated rings. The van der Waals surface area contributed by atoms with Gasteiger partial charge in [0, 0.05) is 12.6 Å². The Morgan fingerprint density at radius 1 is 1.47 bits per heavy atom. The van der Waals surface area contributed by atoms with E-state index in [9.17, 15) is 5.11 Å². The lowest BCUT2D eigenvalue weighted by atomic mass is 10.0. The molecule has 0 aliphatic heterocycles. The van der Waals surface area contributed by atoms with Crippen molar-refractivity contribution >= 4 is 0 Å². The highest BCUT2D eigenvalue weighted by atomic mass is 16.4. The van der Waals surface area contributed by atoms with Crippen LogP contribution in [-0.2, 0) is 5.60 Å². The SMILES string of the molecule is Cc1ccc(C(C)(O)CNC2CCCC2C)o1. The van der Waals surface area contributed by atoms with Crippen molar-refractivity contribution in [2.24, 2.45) is 5.92 Å². The predicted octanol–water partition coefficient (Wildman–Crippen LogP) is 2.57. The van der Waals surface area contributed by atoms with Gasteiger partial charge in [0.25, 0.3) is 0 Å². The van der Waals surface area contributed by atoms with Crippen molar-refractivity contribution in [2.45, 2.75) is 51.7 Å². The van der Waals surface area contributed by atoms with Gasteiger partial charge in [-0.1, -0.05) is 13.3 Å². The summed E-state index contributed by atoms with van der Waals surface area (Å²) in [5.74, 6) is 2.20. The lowest BCUT2D eigenvalue weighted by molar-refractivity contribution is 0.0298. The minimum atomic E-state index is -0.920. The maximum absolute atomic E-state index is 10.4. The van der Waals surface area contributed by atoms with Gasteiger partial charge in [0.1, 0.15) is 17.1 Å². The van der Waals surface area contributed by atoms with Crippen LogP contribution in [0.3, 0.4) is 0 Å². The van der Waals surface area contributed by atoms with Gasteiger partial charge in [0.05, 0.1) is 0 Å². The lowest BCUT2D eigenvalue weighted by Gasteiger charge is -2.25. The first kappa shape index (κ1) is 12.7. The molecule has 0 radical (unpaired) electrons. The highest BCUT2D eigenvalue weighted by Crippen LogP contribution is 2.27. The molecule has 2 N–H and O–H groups in total. The van der Waals surface area contributed by atoms with E-state index in [4.69, 9.17) is 4.42 Å². The highest BCUT2D eigenvalue weighted by molar-refractivity contribution is 5.13. The molecule has 3 unspecified atom stereocenters. The van der Waals surface area contributed by atoms with Crippen molar-refractivity contribution in [3.05, 3.63) is 23.7 Å². The van der Waals surface area contributed by atoms with Gasteiger partial charge in [-0.25, -0.2) is 0 Å². The maximum atomic E-state index is 10.4. The Kier molecular flexibility index (Phi) is 3.59. The minimum absolute atomic E-state index is 0.539. The largest absolute Gasteiger partial charge is 0.463 e. The monoisotopic (exact) mass is 237 g/mol. The van der Waals surface area contributed by atoms with Gasteiger partial charge in [-0.15, -0.1) is 0 Å². The molecule has 1 aromatic rings. The Balaban J connectivity index is 1.93. The Labute approximate surface area is 103 Å². The van der Waals surface area contributed by atoms with Gasteiger partial charge < -0.3 is 14.8 Å². The molecular formula is C14H23NO2. The standard InChI is InChI=1S/C14H23NO2/c1-10-5-4-6-12(10)15-9-14(3,16)13-8-7-11(2)17-13/h7-8,10,12,15-16H,4-6,9H2,1-3H3.